The van der Waals surface area contributed by atoms with Gasteiger partial charge in [-0.05, 0) is 23.8 Å². The molecule has 0 aromatic heterocycles. The molecule has 0 saturated carbocycles. The van der Waals surface area contributed by atoms with Gasteiger partial charge in [0.1, 0.15) is 12.4 Å². The number of carbonyl (C=O) groups is 1. The third-order valence-corrected chi connectivity index (χ3v) is 3.16. The second-order valence-electron chi connectivity index (χ2n) is 4.58. The zero-order valence-corrected chi connectivity index (χ0v) is 11.6. The second-order valence-corrected chi connectivity index (χ2v) is 4.58. The highest BCUT2D eigenvalue weighted by molar-refractivity contribution is 5.96. The number of hydrogen-bond acceptors (Lipinski definition) is 3. The van der Waals surface area contributed by atoms with Gasteiger partial charge in [-0.25, -0.2) is 0 Å². The molecule has 0 radical (unpaired) electrons. The lowest BCUT2D eigenvalue weighted by Crippen LogP contribution is -2.05. The van der Waals surface area contributed by atoms with Crippen molar-refractivity contribution in [2.24, 2.45) is 5.73 Å². The Morgan fingerprint density at radius 1 is 1.15 bits per heavy atom. The molecule has 2 aromatic rings. The fraction of sp³-hybridized carbons (Fsp3) is 0.235. The standard InChI is InChI=1S/C17H19NO2/c1-2-16(19)14-8-9-17(15(10-14)11-18)20-12-13-6-4-3-5-7-13/h3-10H,2,11-12,18H2,1H3. The van der Waals surface area contributed by atoms with Gasteiger partial charge in [0.25, 0.3) is 0 Å². The molecule has 0 aliphatic heterocycles. The number of nitrogens with two attached hydrogens (primary N) is 1. The number of rotatable bonds is 6. The molecule has 0 atom stereocenters. The van der Waals surface area contributed by atoms with Gasteiger partial charge in [-0.1, -0.05) is 37.3 Å². The van der Waals surface area contributed by atoms with Crippen LogP contribution in [0.5, 0.6) is 5.75 Å². The summed E-state index contributed by atoms with van der Waals surface area (Å²) in [4.78, 5) is 11.7. The molecular formula is C17H19NO2. The lowest BCUT2D eigenvalue weighted by molar-refractivity contribution is 0.0988. The van der Waals surface area contributed by atoms with E-state index in [-0.39, 0.29) is 5.78 Å². The van der Waals surface area contributed by atoms with Crippen LogP contribution in [-0.4, -0.2) is 5.78 Å². The van der Waals surface area contributed by atoms with Gasteiger partial charge < -0.3 is 10.5 Å². The van der Waals surface area contributed by atoms with Crippen LogP contribution < -0.4 is 10.5 Å². The summed E-state index contributed by atoms with van der Waals surface area (Å²) in [6, 6.07) is 15.4. The van der Waals surface area contributed by atoms with E-state index in [0.717, 1.165) is 16.9 Å². The van der Waals surface area contributed by atoms with Crippen LogP contribution in [0, 0.1) is 0 Å². The summed E-state index contributed by atoms with van der Waals surface area (Å²) in [5.74, 6) is 0.860. The predicted molar refractivity (Wildman–Crippen MR) is 79.7 cm³/mol. The number of benzene rings is 2. The largest absolute Gasteiger partial charge is 0.489 e. The van der Waals surface area contributed by atoms with Crippen LogP contribution in [0.3, 0.4) is 0 Å². The van der Waals surface area contributed by atoms with E-state index in [0.29, 0.717) is 25.1 Å². The molecule has 3 heteroatoms. The Balaban J connectivity index is 2.13. The minimum absolute atomic E-state index is 0.120. The SMILES string of the molecule is CCC(=O)c1ccc(OCc2ccccc2)c(CN)c1. The fourth-order valence-electron chi connectivity index (χ4n) is 1.99. The summed E-state index contributed by atoms with van der Waals surface area (Å²) in [5.41, 5.74) is 8.40. The van der Waals surface area contributed by atoms with E-state index in [9.17, 15) is 4.79 Å². The van der Waals surface area contributed by atoms with Gasteiger partial charge in [-0.2, -0.15) is 0 Å². The first-order valence-corrected chi connectivity index (χ1v) is 6.77. The minimum Gasteiger partial charge on any atom is -0.489 e. The van der Waals surface area contributed by atoms with Crippen molar-refractivity contribution in [3.05, 3.63) is 65.2 Å². The van der Waals surface area contributed by atoms with Gasteiger partial charge in [-0.3, -0.25) is 4.79 Å². The summed E-state index contributed by atoms with van der Waals surface area (Å²) in [7, 11) is 0. The van der Waals surface area contributed by atoms with Gasteiger partial charge in [-0.15, -0.1) is 0 Å². The molecule has 0 aliphatic rings. The molecule has 0 unspecified atom stereocenters. The van der Waals surface area contributed by atoms with E-state index >= 15 is 0 Å². The van der Waals surface area contributed by atoms with Crippen LogP contribution in [0.2, 0.25) is 0 Å². The van der Waals surface area contributed by atoms with Gasteiger partial charge in [0.05, 0.1) is 0 Å². The smallest absolute Gasteiger partial charge is 0.162 e. The highest BCUT2D eigenvalue weighted by Crippen LogP contribution is 2.21. The minimum atomic E-state index is 0.120. The number of ether oxygens (including phenoxy) is 1. The van der Waals surface area contributed by atoms with Gasteiger partial charge in [0, 0.05) is 24.1 Å². The fourth-order valence-corrected chi connectivity index (χ4v) is 1.99. The molecule has 0 bridgehead atoms. The van der Waals surface area contributed by atoms with E-state index in [2.05, 4.69) is 0 Å². The van der Waals surface area contributed by atoms with Crippen LogP contribution in [0.1, 0.15) is 34.8 Å². The normalized spacial score (nSPS) is 10.3. The van der Waals surface area contributed by atoms with Crippen LogP contribution in [0.15, 0.2) is 48.5 Å². The van der Waals surface area contributed by atoms with Crippen molar-refractivity contribution in [2.75, 3.05) is 0 Å². The maximum absolute atomic E-state index is 11.7. The maximum atomic E-state index is 11.7. The molecule has 2 N–H and O–H groups in total. The molecule has 0 spiro atoms. The monoisotopic (exact) mass is 269 g/mol. The molecule has 0 amide bonds. The molecule has 3 nitrogen and oxygen atoms in total. The third kappa shape index (κ3) is 3.45. The van der Waals surface area contributed by atoms with Crippen LogP contribution >= 0.6 is 0 Å². The van der Waals surface area contributed by atoms with Crippen LogP contribution in [-0.2, 0) is 13.2 Å². The topological polar surface area (TPSA) is 52.3 Å². The van der Waals surface area contributed by atoms with Gasteiger partial charge in [0.15, 0.2) is 5.78 Å². The first-order valence-electron chi connectivity index (χ1n) is 6.77. The Morgan fingerprint density at radius 3 is 2.55 bits per heavy atom. The Labute approximate surface area is 119 Å². The zero-order chi connectivity index (χ0) is 14.4. The number of hydrogen-bond donors (Lipinski definition) is 1. The molecule has 0 aliphatic carbocycles. The molecule has 2 aromatic carbocycles. The van der Waals surface area contributed by atoms with Gasteiger partial charge in [0.2, 0.25) is 0 Å². The molecule has 2 rings (SSSR count). The van der Waals surface area contributed by atoms with E-state index in [4.69, 9.17) is 10.5 Å². The summed E-state index contributed by atoms with van der Waals surface area (Å²) >= 11 is 0. The zero-order valence-electron chi connectivity index (χ0n) is 11.6. The van der Waals surface area contributed by atoms with Crippen molar-refractivity contribution in [2.45, 2.75) is 26.5 Å². The Morgan fingerprint density at radius 2 is 1.90 bits per heavy atom. The average molecular weight is 269 g/mol. The van der Waals surface area contributed by atoms with Crippen molar-refractivity contribution in [1.29, 1.82) is 0 Å². The van der Waals surface area contributed by atoms with E-state index in [1.165, 1.54) is 0 Å². The average Bonchev–Trinajstić information content (AvgIpc) is 2.53. The molecular weight excluding hydrogens is 250 g/mol. The lowest BCUT2D eigenvalue weighted by atomic mass is 10.0. The molecule has 0 saturated heterocycles. The van der Waals surface area contributed by atoms with Crippen molar-refractivity contribution < 1.29 is 9.53 Å². The highest BCUT2D eigenvalue weighted by Gasteiger charge is 2.08. The van der Waals surface area contributed by atoms with E-state index in [1.807, 2.05) is 49.4 Å². The lowest BCUT2D eigenvalue weighted by Gasteiger charge is -2.11. The predicted octanol–water partition coefficient (Wildman–Crippen LogP) is 3.32. The number of carbonyl (C=O) groups excluding carboxylic acids is 1. The first kappa shape index (κ1) is 14.3. The van der Waals surface area contributed by atoms with E-state index in [1.54, 1.807) is 6.07 Å². The highest BCUT2D eigenvalue weighted by atomic mass is 16.5. The Kier molecular flexibility index (Phi) is 4.91. The summed E-state index contributed by atoms with van der Waals surface area (Å²) in [6.45, 7) is 2.70. The quantitative estimate of drug-likeness (QED) is 0.818. The van der Waals surface area contributed by atoms with Crippen LogP contribution in [0.4, 0.5) is 0 Å². The summed E-state index contributed by atoms with van der Waals surface area (Å²) < 4.78 is 5.79. The Hall–Kier alpha value is -2.13. The van der Waals surface area contributed by atoms with Gasteiger partial charge >= 0.3 is 0 Å². The van der Waals surface area contributed by atoms with E-state index < -0.39 is 0 Å². The molecule has 104 valence electrons. The number of ketones is 1. The van der Waals surface area contributed by atoms with Crippen molar-refractivity contribution in [3.63, 3.8) is 0 Å². The summed E-state index contributed by atoms with van der Waals surface area (Å²) in [5, 5.41) is 0. The van der Waals surface area contributed by atoms with Crippen molar-refractivity contribution in [1.82, 2.24) is 0 Å². The summed E-state index contributed by atoms with van der Waals surface area (Å²) in [6.07, 6.45) is 0.494. The second kappa shape index (κ2) is 6.87. The molecule has 20 heavy (non-hydrogen) atoms. The molecule has 0 heterocycles. The number of Topliss-reactive ketones (excluding diaryl/α,β-unsaturated/α-hetero) is 1. The molecule has 0 fully saturated rings. The van der Waals surface area contributed by atoms with Crippen molar-refractivity contribution >= 4 is 5.78 Å². The third-order valence-electron chi connectivity index (χ3n) is 3.16. The van der Waals surface area contributed by atoms with Crippen molar-refractivity contribution in [3.8, 4) is 5.75 Å². The van der Waals surface area contributed by atoms with Crippen LogP contribution in [0.25, 0.3) is 0 Å². The first-order chi connectivity index (χ1) is 9.74. The maximum Gasteiger partial charge on any atom is 0.162 e. The Bertz CT molecular complexity index is 579.